The molecule has 1 amide bonds. The number of nitrogens with zero attached hydrogens (tertiary/aromatic N) is 2. The third-order valence-corrected chi connectivity index (χ3v) is 5.37. The normalized spacial score (nSPS) is 14.4. The number of hydrogen-bond acceptors (Lipinski definition) is 4. The fraction of sp³-hybridized carbons (Fsp3) is 0.200. The largest absolute Gasteiger partial charge is 0.355 e. The fourth-order valence-corrected chi connectivity index (χ4v) is 3.95. The van der Waals surface area contributed by atoms with Crippen molar-refractivity contribution >= 4 is 39.9 Å². The quantitative estimate of drug-likeness (QED) is 0.724. The van der Waals surface area contributed by atoms with Gasteiger partial charge in [0, 0.05) is 41.7 Å². The fourth-order valence-electron chi connectivity index (χ4n) is 3.05. The number of rotatable bonds is 3. The van der Waals surface area contributed by atoms with Crippen molar-refractivity contribution in [3.05, 3.63) is 65.9 Å². The van der Waals surface area contributed by atoms with Crippen LogP contribution in [-0.2, 0) is 0 Å². The van der Waals surface area contributed by atoms with Crippen molar-refractivity contribution < 1.29 is 13.6 Å². The van der Waals surface area contributed by atoms with E-state index in [1.165, 1.54) is 6.07 Å². The molecule has 1 N–H and O–H groups in total. The molecule has 3 aromatic rings. The minimum absolute atomic E-state index is 0.116. The van der Waals surface area contributed by atoms with Gasteiger partial charge in [0.05, 0.1) is 11.2 Å². The van der Waals surface area contributed by atoms with E-state index in [-0.39, 0.29) is 5.91 Å². The number of pyridine rings is 1. The third-order valence-electron chi connectivity index (χ3n) is 4.43. The minimum atomic E-state index is -0.930. The lowest BCUT2D eigenvalue weighted by molar-refractivity contribution is 0.0767. The number of anilines is 2. The smallest absolute Gasteiger partial charge is 0.272 e. The number of amides is 1. The number of aromatic nitrogens is 1. The van der Waals surface area contributed by atoms with Crippen LogP contribution in [0, 0.1) is 11.6 Å². The standard InChI is InChI=1S/C20H17F2N3OS/c21-15-6-5-13(11-16(15)22)23-18-12-19(20(26)25-7-9-27-10-8-25)24-17-4-2-1-3-14(17)18/h1-6,11-12H,7-10H2,(H,23,24). The van der Waals surface area contributed by atoms with Crippen molar-refractivity contribution in [2.24, 2.45) is 0 Å². The van der Waals surface area contributed by atoms with Crippen molar-refractivity contribution in [1.82, 2.24) is 9.88 Å². The van der Waals surface area contributed by atoms with Crippen LogP contribution >= 0.6 is 11.8 Å². The molecule has 0 bridgehead atoms. The SMILES string of the molecule is O=C(c1cc(Nc2ccc(F)c(F)c2)c2ccccc2n1)N1CCSCC1. The molecule has 2 aromatic carbocycles. The molecule has 4 nitrogen and oxygen atoms in total. The number of thioether (sulfide) groups is 1. The maximum absolute atomic E-state index is 13.6. The first kappa shape index (κ1) is 17.7. The Morgan fingerprint density at radius 2 is 1.81 bits per heavy atom. The molecule has 0 unspecified atom stereocenters. The topological polar surface area (TPSA) is 45.2 Å². The van der Waals surface area contributed by atoms with Gasteiger partial charge in [-0.15, -0.1) is 0 Å². The zero-order valence-electron chi connectivity index (χ0n) is 14.4. The van der Waals surface area contributed by atoms with E-state index in [2.05, 4.69) is 10.3 Å². The molecule has 2 heterocycles. The Bertz CT molecular complexity index is 1010. The first-order valence-electron chi connectivity index (χ1n) is 8.61. The average Bonchev–Trinajstić information content (AvgIpc) is 2.71. The lowest BCUT2D eigenvalue weighted by atomic mass is 10.1. The highest BCUT2D eigenvalue weighted by Crippen LogP contribution is 2.28. The predicted octanol–water partition coefficient (Wildman–Crippen LogP) is 4.45. The number of nitrogens with one attached hydrogen (secondary N) is 1. The van der Waals surface area contributed by atoms with E-state index in [0.717, 1.165) is 29.0 Å². The Balaban J connectivity index is 1.74. The summed E-state index contributed by atoms with van der Waals surface area (Å²) in [5.41, 5.74) is 2.03. The first-order valence-corrected chi connectivity index (χ1v) is 9.76. The molecule has 0 saturated carbocycles. The number of hydrogen-bond donors (Lipinski definition) is 1. The van der Waals surface area contributed by atoms with E-state index in [1.807, 2.05) is 36.0 Å². The molecule has 1 aliphatic heterocycles. The van der Waals surface area contributed by atoms with Gasteiger partial charge in [0.2, 0.25) is 0 Å². The highest BCUT2D eigenvalue weighted by atomic mass is 32.2. The highest BCUT2D eigenvalue weighted by molar-refractivity contribution is 7.99. The molecule has 1 saturated heterocycles. The summed E-state index contributed by atoms with van der Waals surface area (Å²) in [5.74, 6) is -0.118. The summed E-state index contributed by atoms with van der Waals surface area (Å²) in [4.78, 5) is 19.2. The van der Waals surface area contributed by atoms with Crippen LogP contribution in [0.1, 0.15) is 10.5 Å². The highest BCUT2D eigenvalue weighted by Gasteiger charge is 2.21. The van der Waals surface area contributed by atoms with Crippen LogP contribution in [0.3, 0.4) is 0 Å². The lowest BCUT2D eigenvalue weighted by Crippen LogP contribution is -2.38. The van der Waals surface area contributed by atoms with Gasteiger partial charge in [-0.3, -0.25) is 4.79 Å². The Kier molecular flexibility index (Phi) is 4.94. The van der Waals surface area contributed by atoms with Crippen molar-refractivity contribution in [3.63, 3.8) is 0 Å². The Morgan fingerprint density at radius 3 is 2.59 bits per heavy atom. The second-order valence-electron chi connectivity index (χ2n) is 6.23. The van der Waals surface area contributed by atoms with Gasteiger partial charge in [-0.05, 0) is 24.3 Å². The van der Waals surface area contributed by atoms with Crippen LogP contribution in [0.5, 0.6) is 0 Å². The average molecular weight is 385 g/mol. The zero-order chi connectivity index (χ0) is 18.8. The van der Waals surface area contributed by atoms with E-state index in [1.54, 1.807) is 11.0 Å². The molecular formula is C20H17F2N3OS. The summed E-state index contributed by atoms with van der Waals surface area (Å²) in [6, 6.07) is 12.7. The summed E-state index contributed by atoms with van der Waals surface area (Å²) >= 11 is 1.83. The molecule has 0 aliphatic carbocycles. The number of halogens is 2. The van der Waals surface area contributed by atoms with Crippen LogP contribution < -0.4 is 5.32 Å². The van der Waals surface area contributed by atoms with Crippen molar-refractivity contribution in [2.45, 2.75) is 0 Å². The van der Waals surface area contributed by atoms with E-state index >= 15 is 0 Å². The minimum Gasteiger partial charge on any atom is -0.355 e. The van der Waals surface area contributed by atoms with Crippen LogP contribution in [-0.4, -0.2) is 40.4 Å². The van der Waals surface area contributed by atoms with Crippen molar-refractivity contribution in [1.29, 1.82) is 0 Å². The monoisotopic (exact) mass is 385 g/mol. The van der Waals surface area contributed by atoms with Crippen LogP contribution in [0.25, 0.3) is 10.9 Å². The molecule has 27 heavy (non-hydrogen) atoms. The van der Waals surface area contributed by atoms with Crippen molar-refractivity contribution in [2.75, 3.05) is 29.9 Å². The van der Waals surface area contributed by atoms with E-state index in [4.69, 9.17) is 0 Å². The molecule has 4 rings (SSSR count). The number of para-hydroxylation sites is 1. The van der Waals surface area contributed by atoms with Crippen LogP contribution in [0.4, 0.5) is 20.2 Å². The lowest BCUT2D eigenvalue weighted by Gasteiger charge is -2.26. The van der Waals surface area contributed by atoms with Gasteiger partial charge in [0.25, 0.3) is 5.91 Å². The van der Waals surface area contributed by atoms with Crippen LogP contribution in [0.15, 0.2) is 48.5 Å². The number of benzene rings is 2. The van der Waals surface area contributed by atoms with Crippen LogP contribution in [0.2, 0.25) is 0 Å². The second-order valence-corrected chi connectivity index (χ2v) is 7.46. The van der Waals surface area contributed by atoms with E-state index in [9.17, 15) is 13.6 Å². The predicted molar refractivity (Wildman–Crippen MR) is 105 cm³/mol. The molecular weight excluding hydrogens is 368 g/mol. The van der Waals surface area contributed by atoms with Gasteiger partial charge in [-0.2, -0.15) is 11.8 Å². The molecule has 1 aromatic heterocycles. The van der Waals surface area contributed by atoms with Gasteiger partial charge < -0.3 is 10.2 Å². The summed E-state index contributed by atoms with van der Waals surface area (Å²) < 4.78 is 26.8. The summed E-state index contributed by atoms with van der Waals surface area (Å²) in [6.45, 7) is 1.40. The zero-order valence-corrected chi connectivity index (χ0v) is 15.2. The van der Waals surface area contributed by atoms with Gasteiger partial charge in [-0.1, -0.05) is 18.2 Å². The van der Waals surface area contributed by atoms with Gasteiger partial charge in [0.15, 0.2) is 11.6 Å². The first-order chi connectivity index (χ1) is 13.1. The van der Waals surface area contributed by atoms with E-state index < -0.39 is 11.6 Å². The molecule has 138 valence electrons. The number of fused-ring (bicyclic) bond motifs is 1. The maximum atomic E-state index is 13.6. The Hall–Kier alpha value is -2.67. The number of carbonyl (C=O) groups excluding carboxylic acids is 1. The molecule has 0 radical (unpaired) electrons. The molecule has 7 heteroatoms. The van der Waals surface area contributed by atoms with Gasteiger partial charge in [0.1, 0.15) is 5.69 Å². The molecule has 1 fully saturated rings. The maximum Gasteiger partial charge on any atom is 0.272 e. The molecule has 1 aliphatic rings. The molecule has 0 atom stereocenters. The third kappa shape index (κ3) is 3.73. The summed E-state index contributed by atoms with van der Waals surface area (Å²) in [5, 5.41) is 3.89. The van der Waals surface area contributed by atoms with Gasteiger partial charge in [-0.25, -0.2) is 13.8 Å². The Labute approximate surface area is 159 Å². The van der Waals surface area contributed by atoms with E-state index in [0.29, 0.717) is 35.7 Å². The van der Waals surface area contributed by atoms with Gasteiger partial charge >= 0.3 is 0 Å². The Morgan fingerprint density at radius 1 is 1.04 bits per heavy atom. The summed E-state index contributed by atoms with van der Waals surface area (Å²) in [7, 11) is 0. The number of carbonyl (C=O) groups is 1. The second kappa shape index (κ2) is 7.52. The summed E-state index contributed by atoms with van der Waals surface area (Å²) in [6.07, 6.45) is 0. The molecule has 0 spiro atoms. The van der Waals surface area contributed by atoms with Crippen molar-refractivity contribution in [3.8, 4) is 0 Å².